The summed E-state index contributed by atoms with van der Waals surface area (Å²) in [6.45, 7) is 0. The number of pyridine rings is 1. The molecule has 2 heterocycles. The Balaban J connectivity index is 2.11. The van der Waals surface area contributed by atoms with Gasteiger partial charge in [0.25, 0.3) is 5.91 Å². The first kappa shape index (κ1) is 12.1. The number of hydrogen-bond acceptors (Lipinski definition) is 3. The Hall–Kier alpha value is -2.95. The van der Waals surface area contributed by atoms with Crippen molar-refractivity contribution in [2.45, 2.75) is 0 Å². The zero-order valence-corrected chi connectivity index (χ0v) is 10.3. The number of aromatic nitrogens is 1. The van der Waals surface area contributed by atoms with Crippen molar-refractivity contribution in [1.29, 1.82) is 0 Å². The molecule has 20 heavy (non-hydrogen) atoms. The lowest BCUT2D eigenvalue weighted by atomic mass is 10.0. The molecular formula is C15H10N2O3. The zero-order valence-electron chi connectivity index (χ0n) is 10.3. The predicted molar refractivity (Wildman–Crippen MR) is 74.1 cm³/mol. The molecule has 3 rings (SSSR count). The highest BCUT2D eigenvalue weighted by atomic mass is 16.4. The van der Waals surface area contributed by atoms with Gasteiger partial charge in [-0.1, -0.05) is 6.07 Å². The molecule has 1 aromatic carbocycles. The molecule has 98 valence electrons. The van der Waals surface area contributed by atoms with Crippen molar-refractivity contribution in [1.82, 2.24) is 4.98 Å². The topological polar surface area (TPSA) is 79.3 Å². The van der Waals surface area contributed by atoms with E-state index in [0.717, 1.165) is 5.56 Å². The van der Waals surface area contributed by atoms with Crippen LogP contribution in [0.4, 0.5) is 5.69 Å². The first-order valence-electron chi connectivity index (χ1n) is 5.96. The van der Waals surface area contributed by atoms with Gasteiger partial charge in [-0.25, -0.2) is 4.79 Å². The molecule has 2 N–H and O–H groups in total. The molecule has 0 aliphatic carbocycles. The summed E-state index contributed by atoms with van der Waals surface area (Å²) in [5.74, 6) is -1.26. The van der Waals surface area contributed by atoms with Crippen LogP contribution in [-0.4, -0.2) is 22.0 Å². The maximum atomic E-state index is 12.0. The van der Waals surface area contributed by atoms with Crippen LogP contribution in [0.15, 0.2) is 42.7 Å². The van der Waals surface area contributed by atoms with Crippen LogP contribution in [0, 0.1) is 0 Å². The van der Waals surface area contributed by atoms with E-state index < -0.39 is 5.97 Å². The molecule has 5 heteroatoms. The van der Waals surface area contributed by atoms with E-state index in [9.17, 15) is 9.59 Å². The number of anilines is 1. The van der Waals surface area contributed by atoms with Crippen LogP contribution in [0.25, 0.3) is 11.6 Å². The molecule has 0 saturated heterocycles. The molecule has 1 amide bonds. The molecule has 0 unspecified atom stereocenters. The third-order valence-electron chi connectivity index (χ3n) is 3.04. The number of nitrogens with zero attached hydrogens (tertiary/aromatic N) is 1. The minimum absolute atomic E-state index is 0.150. The number of fused-ring (bicyclic) bond motifs is 1. The lowest BCUT2D eigenvalue weighted by Crippen LogP contribution is -2.03. The van der Waals surface area contributed by atoms with Crippen molar-refractivity contribution in [2.75, 3.05) is 5.32 Å². The van der Waals surface area contributed by atoms with Gasteiger partial charge >= 0.3 is 5.97 Å². The lowest BCUT2D eigenvalue weighted by Gasteiger charge is -2.00. The average Bonchev–Trinajstić information content (AvgIpc) is 2.75. The van der Waals surface area contributed by atoms with Crippen molar-refractivity contribution in [3.8, 4) is 0 Å². The van der Waals surface area contributed by atoms with Gasteiger partial charge in [0.15, 0.2) is 0 Å². The first-order chi connectivity index (χ1) is 9.65. The normalized spacial score (nSPS) is 15.0. The fourth-order valence-electron chi connectivity index (χ4n) is 2.09. The molecule has 0 fully saturated rings. The van der Waals surface area contributed by atoms with Gasteiger partial charge in [0.2, 0.25) is 0 Å². The number of hydrogen-bond donors (Lipinski definition) is 2. The molecule has 1 aliphatic rings. The Morgan fingerprint density at radius 1 is 1.30 bits per heavy atom. The number of carboxylic acids is 1. The quantitative estimate of drug-likeness (QED) is 0.817. The van der Waals surface area contributed by atoms with Gasteiger partial charge in [-0.2, -0.15) is 0 Å². The van der Waals surface area contributed by atoms with Crippen LogP contribution in [0.1, 0.15) is 21.5 Å². The predicted octanol–water partition coefficient (Wildman–Crippen LogP) is 2.27. The molecule has 0 radical (unpaired) electrons. The molecule has 2 aromatic rings. The van der Waals surface area contributed by atoms with Gasteiger partial charge in [0.1, 0.15) is 0 Å². The van der Waals surface area contributed by atoms with E-state index >= 15 is 0 Å². The minimum atomic E-state index is -1.02. The molecule has 0 bridgehead atoms. The molecule has 0 saturated carbocycles. The minimum Gasteiger partial charge on any atom is -0.478 e. The SMILES string of the molecule is O=C1Nc2ccc(C(=O)O)cc2/C1=C\c1cccnc1. The Labute approximate surface area is 114 Å². The molecular weight excluding hydrogens is 256 g/mol. The number of rotatable bonds is 2. The summed E-state index contributed by atoms with van der Waals surface area (Å²) in [7, 11) is 0. The second-order valence-electron chi connectivity index (χ2n) is 4.36. The van der Waals surface area contributed by atoms with Crippen LogP contribution < -0.4 is 5.32 Å². The monoisotopic (exact) mass is 266 g/mol. The number of benzene rings is 1. The number of carboxylic acid groups (broad SMARTS) is 1. The maximum Gasteiger partial charge on any atom is 0.335 e. The van der Waals surface area contributed by atoms with Gasteiger partial charge in [-0.05, 0) is 35.9 Å². The van der Waals surface area contributed by atoms with Crippen molar-refractivity contribution >= 4 is 29.2 Å². The Kier molecular flexibility index (Phi) is 2.80. The number of amides is 1. The standard InChI is InChI=1S/C15H10N2O3/c18-14-12(6-9-2-1-5-16-8-9)11-7-10(15(19)20)3-4-13(11)17-14/h1-8H,(H,17,18)(H,19,20)/b12-6+. The highest BCUT2D eigenvalue weighted by molar-refractivity contribution is 6.35. The van der Waals surface area contributed by atoms with Crippen LogP contribution >= 0.6 is 0 Å². The Bertz CT molecular complexity index is 736. The summed E-state index contributed by atoms with van der Waals surface area (Å²) in [5, 5.41) is 11.7. The molecule has 5 nitrogen and oxygen atoms in total. The molecule has 0 atom stereocenters. The summed E-state index contributed by atoms with van der Waals surface area (Å²) in [5.41, 5.74) is 2.59. The summed E-state index contributed by atoms with van der Waals surface area (Å²) < 4.78 is 0. The van der Waals surface area contributed by atoms with Gasteiger partial charge in [-0.3, -0.25) is 9.78 Å². The molecule has 0 spiro atoms. The first-order valence-corrected chi connectivity index (χ1v) is 5.96. The third kappa shape index (κ3) is 2.05. The summed E-state index contributed by atoms with van der Waals surface area (Å²) in [6, 6.07) is 8.16. The van der Waals surface area contributed by atoms with Crippen LogP contribution in [0.2, 0.25) is 0 Å². The number of carbonyl (C=O) groups is 2. The number of nitrogens with one attached hydrogen (secondary N) is 1. The van der Waals surface area contributed by atoms with Crippen molar-refractivity contribution in [3.63, 3.8) is 0 Å². The smallest absolute Gasteiger partial charge is 0.335 e. The lowest BCUT2D eigenvalue weighted by molar-refractivity contribution is -0.110. The fraction of sp³-hybridized carbons (Fsp3) is 0. The number of aromatic carboxylic acids is 1. The number of carbonyl (C=O) groups excluding carboxylic acids is 1. The van der Waals surface area contributed by atoms with Crippen molar-refractivity contribution < 1.29 is 14.7 Å². The van der Waals surface area contributed by atoms with Crippen LogP contribution in [0.3, 0.4) is 0 Å². The summed E-state index contributed by atoms with van der Waals surface area (Å²) in [4.78, 5) is 27.0. The van der Waals surface area contributed by atoms with E-state index in [2.05, 4.69) is 10.3 Å². The Morgan fingerprint density at radius 2 is 2.15 bits per heavy atom. The van der Waals surface area contributed by atoms with E-state index in [1.807, 2.05) is 6.07 Å². The maximum absolute atomic E-state index is 12.0. The van der Waals surface area contributed by atoms with Gasteiger partial charge in [-0.15, -0.1) is 0 Å². The fourth-order valence-corrected chi connectivity index (χ4v) is 2.09. The van der Waals surface area contributed by atoms with E-state index in [4.69, 9.17) is 5.11 Å². The second kappa shape index (κ2) is 4.62. The summed E-state index contributed by atoms with van der Waals surface area (Å²) in [6.07, 6.45) is 4.98. The van der Waals surface area contributed by atoms with Crippen molar-refractivity contribution in [2.24, 2.45) is 0 Å². The molecule has 1 aromatic heterocycles. The third-order valence-corrected chi connectivity index (χ3v) is 3.04. The van der Waals surface area contributed by atoms with Gasteiger partial charge < -0.3 is 10.4 Å². The summed E-state index contributed by atoms with van der Waals surface area (Å²) >= 11 is 0. The Morgan fingerprint density at radius 3 is 2.85 bits per heavy atom. The highest BCUT2D eigenvalue weighted by Gasteiger charge is 2.25. The van der Waals surface area contributed by atoms with E-state index in [-0.39, 0.29) is 11.5 Å². The van der Waals surface area contributed by atoms with Crippen molar-refractivity contribution in [3.05, 3.63) is 59.4 Å². The van der Waals surface area contributed by atoms with E-state index in [1.165, 1.54) is 12.1 Å². The largest absolute Gasteiger partial charge is 0.478 e. The van der Waals surface area contributed by atoms with E-state index in [1.54, 1.807) is 30.6 Å². The molecule has 1 aliphatic heterocycles. The highest BCUT2D eigenvalue weighted by Crippen LogP contribution is 2.33. The van der Waals surface area contributed by atoms with Gasteiger partial charge in [0.05, 0.1) is 5.56 Å². The van der Waals surface area contributed by atoms with Crippen LogP contribution in [-0.2, 0) is 4.79 Å². The van der Waals surface area contributed by atoms with E-state index in [0.29, 0.717) is 16.8 Å². The zero-order chi connectivity index (χ0) is 14.1. The van der Waals surface area contributed by atoms with Gasteiger partial charge in [0, 0.05) is 29.2 Å². The second-order valence-corrected chi connectivity index (χ2v) is 4.36. The average molecular weight is 266 g/mol. The van der Waals surface area contributed by atoms with Crippen LogP contribution in [0.5, 0.6) is 0 Å².